The Morgan fingerprint density at radius 1 is 1.09 bits per heavy atom. The lowest BCUT2D eigenvalue weighted by Crippen LogP contribution is -2.37. The molecule has 0 saturated carbocycles. The van der Waals surface area contributed by atoms with Crippen molar-refractivity contribution in [2.75, 3.05) is 5.32 Å². The topological polar surface area (TPSA) is 59.3 Å². The van der Waals surface area contributed by atoms with Gasteiger partial charge in [0.05, 0.1) is 28.0 Å². The number of nitrogens with one attached hydrogen (secondary N) is 1. The van der Waals surface area contributed by atoms with E-state index in [9.17, 15) is 9.18 Å². The standard InChI is InChI=1S/C27H22ClFN4OS/c1-27(2,25(34)32-26-30-12-13-35-26)23(17-6-4-3-5-7-17)19-9-11-22-24(31-16-33(22)15-19)18-8-10-21(29)20(28)14-18/h3-16,23H,1-2H3,(H,30,32,34). The molecule has 35 heavy (non-hydrogen) atoms. The van der Waals surface area contributed by atoms with Gasteiger partial charge in [0.25, 0.3) is 0 Å². The third-order valence-electron chi connectivity index (χ3n) is 6.17. The van der Waals surface area contributed by atoms with Crippen molar-refractivity contribution in [3.8, 4) is 11.3 Å². The van der Waals surface area contributed by atoms with Gasteiger partial charge in [-0.1, -0.05) is 61.8 Å². The van der Waals surface area contributed by atoms with E-state index in [1.165, 1.54) is 17.4 Å². The van der Waals surface area contributed by atoms with Crippen LogP contribution in [0.15, 0.2) is 84.8 Å². The molecule has 1 amide bonds. The molecule has 1 unspecified atom stereocenters. The van der Waals surface area contributed by atoms with Gasteiger partial charge in [0.15, 0.2) is 5.13 Å². The molecule has 0 spiro atoms. The van der Waals surface area contributed by atoms with Crippen molar-refractivity contribution in [3.05, 3.63) is 107 Å². The number of aromatic nitrogens is 3. The lowest BCUT2D eigenvalue weighted by atomic mass is 9.71. The number of benzene rings is 2. The van der Waals surface area contributed by atoms with Crippen LogP contribution in [0.5, 0.6) is 0 Å². The van der Waals surface area contributed by atoms with E-state index >= 15 is 0 Å². The number of hydrogen-bond donors (Lipinski definition) is 1. The molecule has 3 heterocycles. The molecule has 0 aliphatic carbocycles. The van der Waals surface area contributed by atoms with E-state index in [-0.39, 0.29) is 16.8 Å². The summed E-state index contributed by atoms with van der Waals surface area (Å²) in [6, 6.07) is 18.5. The fourth-order valence-corrected chi connectivity index (χ4v) is 5.10. The summed E-state index contributed by atoms with van der Waals surface area (Å²) < 4.78 is 15.6. The number of rotatable bonds is 6. The van der Waals surface area contributed by atoms with Gasteiger partial charge in [-0.2, -0.15) is 0 Å². The van der Waals surface area contributed by atoms with Gasteiger partial charge in [0.2, 0.25) is 5.91 Å². The Kier molecular flexibility index (Phi) is 6.13. The molecular formula is C27H22ClFN4OS. The van der Waals surface area contributed by atoms with Crippen LogP contribution in [-0.2, 0) is 4.79 Å². The van der Waals surface area contributed by atoms with E-state index in [2.05, 4.69) is 15.3 Å². The quantitative estimate of drug-likeness (QED) is 0.269. The molecule has 5 nitrogen and oxygen atoms in total. The summed E-state index contributed by atoms with van der Waals surface area (Å²) in [7, 11) is 0. The average Bonchev–Trinajstić information content (AvgIpc) is 3.51. The number of thiazole rings is 1. The normalized spacial score (nSPS) is 12.6. The fraction of sp³-hybridized carbons (Fsp3) is 0.148. The Balaban J connectivity index is 1.57. The smallest absolute Gasteiger partial charge is 0.232 e. The summed E-state index contributed by atoms with van der Waals surface area (Å²) in [5.74, 6) is -0.821. The second-order valence-corrected chi connectivity index (χ2v) is 10.1. The van der Waals surface area contributed by atoms with Crippen LogP contribution in [0.4, 0.5) is 9.52 Å². The van der Waals surface area contributed by atoms with Crippen molar-refractivity contribution in [2.45, 2.75) is 19.8 Å². The summed E-state index contributed by atoms with van der Waals surface area (Å²) in [5.41, 5.74) is 3.48. The summed E-state index contributed by atoms with van der Waals surface area (Å²) in [5, 5.41) is 5.42. The maximum absolute atomic E-state index is 13.7. The third kappa shape index (κ3) is 4.45. The van der Waals surface area contributed by atoms with Crippen LogP contribution < -0.4 is 5.32 Å². The number of anilines is 1. The van der Waals surface area contributed by atoms with Crippen LogP contribution in [0, 0.1) is 11.2 Å². The predicted octanol–water partition coefficient (Wildman–Crippen LogP) is 7.05. The maximum Gasteiger partial charge on any atom is 0.232 e. The van der Waals surface area contributed by atoms with Gasteiger partial charge in [-0.05, 0) is 35.4 Å². The Hall–Kier alpha value is -3.55. The number of carbonyl (C=O) groups is 1. The van der Waals surface area contributed by atoms with Crippen LogP contribution in [0.2, 0.25) is 5.02 Å². The number of carbonyl (C=O) groups excluding carboxylic acids is 1. The molecule has 176 valence electrons. The SMILES string of the molecule is CC(C)(C(=O)Nc1nccs1)C(c1ccccc1)c1ccc2c(-c3ccc(F)c(Cl)c3)ncn2c1. The van der Waals surface area contributed by atoms with Crippen LogP contribution in [-0.4, -0.2) is 20.3 Å². The van der Waals surface area contributed by atoms with E-state index in [1.54, 1.807) is 24.7 Å². The Labute approximate surface area is 211 Å². The van der Waals surface area contributed by atoms with Gasteiger partial charge >= 0.3 is 0 Å². The highest BCUT2D eigenvalue weighted by molar-refractivity contribution is 7.13. The molecule has 3 aromatic heterocycles. The van der Waals surface area contributed by atoms with E-state index in [0.717, 1.165) is 22.2 Å². The zero-order valence-electron chi connectivity index (χ0n) is 19.1. The van der Waals surface area contributed by atoms with Gasteiger partial charge in [0.1, 0.15) is 5.82 Å². The minimum Gasteiger partial charge on any atom is -0.305 e. The van der Waals surface area contributed by atoms with Gasteiger partial charge in [0, 0.05) is 29.3 Å². The zero-order chi connectivity index (χ0) is 24.6. The van der Waals surface area contributed by atoms with Crippen LogP contribution in [0.25, 0.3) is 16.8 Å². The molecular weight excluding hydrogens is 483 g/mol. The zero-order valence-corrected chi connectivity index (χ0v) is 20.6. The number of amides is 1. The van der Waals surface area contributed by atoms with Crippen molar-refractivity contribution < 1.29 is 9.18 Å². The summed E-state index contributed by atoms with van der Waals surface area (Å²) in [4.78, 5) is 22.2. The van der Waals surface area contributed by atoms with Gasteiger partial charge < -0.3 is 9.72 Å². The second kappa shape index (κ2) is 9.24. The first kappa shape index (κ1) is 23.2. The van der Waals surface area contributed by atoms with Crippen molar-refractivity contribution in [1.82, 2.24) is 14.4 Å². The Morgan fingerprint density at radius 3 is 2.60 bits per heavy atom. The molecule has 0 radical (unpaired) electrons. The predicted molar refractivity (Wildman–Crippen MR) is 138 cm³/mol. The van der Waals surface area contributed by atoms with Gasteiger partial charge in [-0.25, -0.2) is 14.4 Å². The number of pyridine rings is 1. The number of hydrogen-bond acceptors (Lipinski definition) is 4. The molecule has 0 aliphatic rings. The molecule has 2 aromatic carbocycles. The maximum atomic E-state index is 13.7. The van der Waals surface area contributed by atoms with E-state index in [1.807, 2.05) is 72.3 Å². The largest absolute Gasteiger partial charge is 0.305 e. The highest BCUT2D eigenvalue weighted by Gasteiger charge is 2.39. The molecule has 0 aliphatic heterocycles. The van der Waals surface area contributed by atoms with Crippen molar-refractivity contribution in [1.29, 1.82) is 0 Å². The van der Waals surface area contributed by atoms with E-state index in [0.29, 0.717) is 10.8 Å². The highest BCUT2D eigenvalue weighted by atomic mass is 35.5. The highest BCUT2D eigenvalue weighted by Crippen LogP contribution is 2.42. The summed E-state index contributed by atoms with van der Waals surface area (Å²) in [6.45, 7) is 3.88. The summed E-state index contributed by atoms with van der Waals surface area (Å²) in [6.07, 6.45) is 5.38. The fourth-order valence-electron chi connectivity index (χ4n) is 4.40. The second-order valence-electron chi connectivity index (χ2n) is 8.83. The number of nitrogens with zero attached hydrogens (tertiary/aromatic N) is 3. The molecule has 0 saturated heterocycles. The lowest BCUT2D eigenvalue weighted by molar-refractivity contribution is -0.124. The van der Waals surface area contributed by atoms with Gasteiger partial charge in [-0.15, -0.1) is 11.3 Å². The van der Waals surface area contributed by atoms with Crippen LogP contribution >= 0.6 is 22.9 Å². The number of halogens is 2. The molecule has 0 fully saturated rings. The minimum atomic E-state index is -0.797. The Morgan fingerprint density at radius 2 is 1.89 bits per heavy atom. The minimum absolute atomic E-state index is 0.0532. The molecule has 0 bridgehead atoms. The number of fused-ring (bicyclic) bond motifs is 1. The monoisotopic (exact) mass is 504 g/mol. The van der Waals surface area contributed by atoms with Crippen LogP contribution in [0.3, 0.4) is 0 Å². The Bertz CT molecular complexity index is 1500. The first-order chi connectivity index (χ1) is 16.8. The van der Waals surface area contributed by atoms with E-state index in [4.69, 9.17) is 11.6 Å². The average molecular weight is 505 g/mol. The van der Waals surface area contributed by atoms with Gasteiger partial charge in [-0.3, -0.25) is 4.79 Å². The van der Waals surface area contributed by atoms with Crippen LogP contribution in [0.1, 0.15) is 30.9 Å². The van der Waals surface area contributed by atoms with Crippen molar-refractivity contribution >= 4 is 39.5 Å². The lowest BCUT2D eigenvalue weighted by Gasteiger charge is -2.33. The van der Waals surface area contributed by atoms with Crippen molar-refractivity contribution in [2.24, 2.45) is 5.41 Å². The first-order valence-corrected chi connectivity index (χ1v) is 12.3. The molecule has 1 atom stereocenters. The molecule has 1 N–H and O–H groups in total. The third-order valence-corrected chi connectivity index (χ3v) is 7.15. The number of imidazole rings is 1. The molecule has 8 heteroatoms. The first-order valence-electron chi connectivity index (χ1n) is 11.0. The van der Waals surface area contributed by atoms with Crippen molar-refractivity contribution in [3.63, 3.8) is 0 Å². The van der Waals surface area contributed by atoms with E-state index < -0.39 is 11.2 Å². The molecule has 5 aromatic rings. The molecule has 5 rings (SSSR count). The summed E-state index contributed by atoms with van der Waals surface area (Å²) >= 11 is 7.38.